The molecule has 5 heteroatoms. The van der Waals surface area contributed by atoms with E-state index in [4.69, 9.17) is 34.7 Å². The molecular formula is C16H21Cl2FN2. The van der Waals surface area contributed by atoms with Crippen LogP contribution in [0.3, 0.4) is 0 Å². The molecule has 0 aliphatic heterocycles. The van der Waals surface area contributed by atoms with Gasteiger partial charge in [-0.2, -0.15) is 0 Å². The number of hydrogen-bond donors (Lipinski definition) is 2. The molecule has 0 saturated heterocycles. The number of allylic oxidation sites excluding steroid dienone is 3. The lowest BCUT2D eigenvalue weighted by molar-refractivity contribution is 0.619. The molecule has 0 bridgehead atoms. The summed E-state index contributed by atoms with van der Waals surface area (Å²) in [6.07, 6.45) is 5.29. The van der Waals surface area contributed by atoms with E-state index < -0.39 is 0 Å². The first-order chi connectivity index (χ1) is 9.95. The summed E-state index contributed by atoms with van der Waals surface area (Å²) in [6, 6.07) is 6.65. The van der Waals surface area contributed by atoms with Crippen LogP contribution in [0.4, 0.5) is 4.39 Å². The van der Waals surface area contributed by atoms with Crippen LogP contribution >= 0.6 is 23.2 Å². The van der Waals surface area contributed by atoms with Crippen molar-refractivity contribution >= 4 is 23.2 Å². The molecule has 0 amide bonds. The van der Waals surface area contributed by atoms with Crippen LogP contribution in [0.15, 0.2) is 59.7 Å². The fourth-order valence-electron chi connectivity index (χ4n) is 1.63. The average Bonchev–Trinajstić information content (AvgIpc) is 2.49. The molecule has 0 aliphatic carbocycles. The third kappa shape index (κ3) is 6.91. The third-order valence-electron chi connectivity index (χ3n) is 2.77. The van der Waals surface area contributed by atoms with E-state index in [1.807, 2.05) is 18.2 Å². The van der Waals surface area contributed by atoms with Gasteiger partial charge < -0.3 is 11.5 Å². The highest BCUT2D eigenvalue weighted by Crippen LogP contribution is 2.21. The van der Waals surface area contributed by atoms with E-state index in [1.165, 1.54) is 0 Å². The zero-order valence-corrected chi connectivity index (χ0v) is 13.7. The minimum absolute atomic E-state index is 0.328. The zero-order chi connectivity index (χ0) is 16.4. The van der Waals surface area contributed by atoms with Gasteiger partial charge in [-0.25, -0.2) is 0 Å². The zero-order valence-electron chi connectivity index (χ0n) is 12.2. The van der Waals surface area contributed by atoms with Crippen LogP contribution in [0.1, 0.15) is 18.5 Å². The Balaban J connectivity index is 0.00000191. The van der Waals surface area contributed by atoms with Crippen molar-refractivity contribution in [2.45, 2.75) is 19.0 Å². The van der Waals surface area contributed by atoms with Gasteiger partial charge in [-0.1, -0.05) is 54.1 Å². The Morgan fingerprint density at radius 3 is 2.14 bits per heavy atom. The molecule has 0 heterocycles. The molecule has 116 valence electrons. The Kier molecular flexibility index (Phi) is 10.0. The molecule has 2 atom stereocenters. The molecule has 1 aromatic carbocycles. The van der Waals surface area contributed by atoms with Crippen molar-refractivity contribution in [2.75, 3.05) is 7.18 Å². The van der Waals surface area contributed by atoms with Crippen LogP contribution < -0.4 is 11.5 Å². The quantitative estimate of drug-likeness (QED) is 0.780. The van der Waals surface area contributed by atoms with E-state index in [2.05, 4.69) is 6.58 Å². The lowest BCUT2D eigenvalue weighted by Crippen LogP contribution is -2.35. The lowest BCUT2D eigenvalue weighted by Gasteiger charge is -2.21. The molecule has 1 aromatic rings. The van der Waals surface area contributed by atoms with E-state index in [-0.39, 0.29) is 12.1 Å². The number of alkyl halides is 1. The predicted molar refractivity (Wildman–Crippen MR) is 91.3 cm³/mol. The second kappa shape index (κ2) is 10.6. The van der Waals surface area contributed by atoms with Crippen LogP contribution in [-0.4, -0.2) is 13.2 Å². The Morgan fingerprint density at radius 1 is 1.19 bits per heavy atom. The fourth-order valence-corrected chi connectivity index (χ4v) is 1.81. The van der Waals surface area contributed by atoms with E-state index in [9.17, 15) is 4.39 Å². The molecule has 21 heavy (non-hydrogen) atoms. The molecule has 2 unspecified atom stereocenters. The van der Waals surface area contributed by atoms with Gasteiger partial charge in [0.15, 0.2) is 0 Å². The van der Waals surface area contributed by atoms with Crippen LogP contribution in [0.2, 0.25) is 5.02 Å². The number of nitrogens with two attached hydrogens (primary N) is 2. The predicted octanol–water partition coefficient (Wildman–Crippen LogP) is 4.51. The number of halogens is 3. The standard InChI is InChI=1S/C15H18Cl2N2.CH3F/c1-3-11(5-4-10(2)16)14(18)15(19)12-6-8-13(17)9-7-12;1-2/h3-9,14-15H,1,18-19H2,2H3;1H3/b10-4+,11-5+;. The smallest absolute Gasteiger partial charge is 0.0785 e. The highest BCUT2D eigenvalue weighted by Gasteiger charge is 2.17. The summed E-state index contributed by atoms with van der Waals surface area (Å²) in [5.41, 5.74) is 14.1. The maximum atomic E-state index is 9.50. The van der Waals surface area contributed by atoms with Crippen molar-refractivity contribution in [1.82, 2.24) is 0 Å². The summed E-state index contributed by atoms with van der Waals surface area (Å²) in [7, 11) is 0.500. The van der Waals surface area contributed by atoms with Crippen LogP contribution in [-0.2, 0) is 0 Å². The van der Waals surface area contributed by atoms with Crippen molar-refractivity contribution in [3.63, 3.8) is 0 Å². The second-order valence-electron chi connectivity index (χ2n) is 4.23. The summed E-state index contributed by atoms with van der Waals surface area (Å²) in [5.74, 6) is 0. The van der Waals surface area contributed by atoms with Crippen molar-refractivity contribution in [3.05, 3.63) is 70.3 Å². The molecule has 1 rings (SSSR count). The first-order valence-corrected chi connectivity index (χ1v) is 7.02. The van der Waals surface area contributed by atoms with E-state index >= 15 is 0 Å². The maximum absolute atomic E-state index is 9.50. The number of benzene rings is 1. The maximum Gasteiger partial charge on any atom is 0.0785 e. The first-order valence-electron chi connectivity index (χ1n) is 6.26. The summed E-state index contributed by atoms with van der Waals surface area (Å²) in [4.78, 5) is 0. The summed E-state index contributed by atoms with van der Waals surface area (Å²) in [6.45, 7) is 5.55. The minimum atomic E-state index is -0.356. The topological polar surface area (TPSA) is 52.0 Å². The van der Waals surface area contributed by atoms with Crippen molar-refractivity contribution < 1.29 is 4.39 Å². The molecule has 0 saturated carbocycles. The van der Waals surface area contributed by atoms with Crippen molar-refractivity contribution in [2.24, 2.45) is 11.5 Å². The third-order valence-corrected chi connectivity index (χ3v) is 3.15. The van der Waals surface area contributed by atoms with Crippen molar-refractivity contribution in [1.29, 1.82) is 0 Å². The normalized spacial score (nSPS) is 14.8. The van der Waals surface area contributed by atoms with Crippen LogP contribution in [0.5, 0.6) is 0 Å². The Labute approximate surface area is 135 Å². The van der Waals surface area contributed by atoms with Gasteiger partial charge in [-0.3, -0.25) is 4.39 Å². The van der Waals surface area contributed by atoms with Gasteiger partial charge in [0.05, 0.1) is 7.18 Å². The second-order valence-corrected chi connectivity index (χ2v) is 5.26. The largest absolute Gasteiger partial charge is 0.322 e. The van der Waals surface area contributed by atoms with Gasteiger partial charge in [0.1, 0.15) is 0 Å². The molecule has 0 aliphatic rings. The molecule has 0 aromatic heterocycles. The molecule has 4 N–H and O–H groups in total. The molecule has 2 nitrogen and oxygen atoms in total. The summed E-state index contributed by atoms with van der Waals surface area (Å²) < 4.78 is 9.50. The summed E-state index contributed by atoms with van der Waals surface area (Å²) in [5, 5.41) is 1.34. The molecule has 0 radical (unpaired) electrons. The van der Waals surface area contributed by atoms with E-state index in [0.717, 1.165) is 11.1 Å². The Hall–Kier alpha value is -1.13. The van der Waals surface area contributed by atoms with Gasteiger partial charge in [0.2, 0.25) is 0 Å². The van der Waals surface area contributed by atoms with E-state index in [1.54, 1.807) is 31.2 Å². The van der Waals surface area contributed by atoms with Crippen LogP contribution in [0, 0.1) is 0 Å². The first kappa shape index (κ1) is 19.9. The Morgan fingerprint density at radius 2 is 1.71 bits per heavy atom. The molecular weight excluding hydrogens is 310 g/mol. The highest BCUT2D eigenvalue weighted by molar-refractivity contribution is 6.30. The lowest BCUT2D eigenvalue weighted by atomic mass is 9.94. The van der Waals surface area contributed by atoms with Gasteiger partial charge >= 0.3 is 0 Å². The monoisotopic (exact) mass is 330 g/mol. The SMILES string of the molecule is C=C/C(=C\C=C(/C)Cl)C(N)C(N)c1ccc(Cl)cc1.CF. The summed E-state index contributed by atoms with van der Waals surface area (Å²) >= 11 is 11.6. The van der Waals surface area contributed by atoms with Crippen LogP contribution in [0.25, 0.3) is 0 Å². The van der Waals surface area contributed by atoms with E-state index in [0.29, 0.717) is 17.2 Å². The minimum Gasteiger partial charge on any atom is -0.322 e. The molecule has 0 spiro atoms. The highest BCUT2D eigenvalue weighted by atomic mass is 35.5. The average molecular weight is 331 g/mol. The molecule has 0 fully saturated rings. The Bertz CT molecular complexity index is 492. The van der Waals surface area contributed by atoms with Gasteiger partial charge in [0, 0.05) is 22.1 Å². The van der Waals surface area contributed by atoms with Crippen molar-refractivity contribution in [3.8, 4) is 0 Å². The van der Waals surface area contributed by atoms with Gasteiger partial charge in [-0.15, -0.1) is 0 Å². The number of hydrogen-bond acceptors (Lipinski definition) is 2. The fraction of sp³-hybridized carbons (Fsp3) is 0.250. The van der Waals surface area contributed by atoms with Gasteiger partial charge in [0.25, 0.3) is 0 Å². The van der Waals surface area contributed by atoms with Gasteiger partial charge in [-0.05, 0) is 36.3 Å². The number of rotatable bonds is 5.